The summed E-state index contributed by atoms with van der Waals surface area (Å²) in [4.78, 5) is 20.8. The topological polar surface area (TPSA) is 96.0 Å². The molecule has 0 heterocycles. The number of benzene rings is 1. The Morgan fingerprint density at radius 1 is 1.65 bits per heavy atom. The largest absolute Gasteiger partial charge is 0.322 e. The minimum Gasteiger partial charge on any atom is -0.322 e. The van der Waals surface area contributed by atoms with Gasteiger partial charge in [-0.05, 0) is 12.5 Å². The van der Waals surface area contributed by atoms with Crippen molar-refractivity contribution in [2.24, 2.45) is 0 Å². The first-order valence-corrected chi connectivity index (χ1v) is 4.57. The number of rotatable bonds is 3. The maximum absolute atomic E-state index is 13.5. The normalized spacial score (nSPS) is 9.47. The number of aryl methyl sites for hydroxylation is 1. The van der Waals surface area contributed by atoms with Crippen molar-refractivity contribution in [3.63, 3.8) is 0 Å². The third-order valence-electron chi connectivity index (χ3n) is 1.99. The molecule has 1 N–H and O–H groups in total. The molecular weight excluding hydrogens is 229 g/mol. The summed E-state index contributed by atoms with van der Waals surface area (Å²) >= 11 is 0. The van der Waals surface area contributed by atoms with Crippen LogP contribution in [0, 0.1) is 34.2 Å². The van der Waals surface area contributed by atoms with E-state index in [-0.39, 0.29) is 11.3 Å². The van der Waals surface area contributed by atoms with E-state index in [9.17, 15) is 19.3 Å². The van der Waals surface area contributed by atoms with E-state index in [0.717, 1.165) is 12.1 Å². The third kappa shape index (κ3) is 2.98. The molecule has 88 valence electrons. The van der Waals surface area contributed by atoms with E-state index in [0.29, 0.717) is 0 Å². The molecule has 0 aromatic heterocycles. The van der Waals surface area contributed by atoms with Gasteiger partial charge >= 0.3 is 0 Å². The van der Waals surface area contributed by atoms with Crippen molar-refractivity contribution in [1.82, 2.24) is 0 Å². The maximum Gasteiger partial charge on any atom is 0.272 e. The molecule has 0 unspecified atom stereocenters. The lowest BCUT2D eigenvalue weighted by Crippen LogP contribution is -2.12. The number of nitro groups is 1. The zero-order valence-electron chi connectivity index (χ0n) is 8.86. The number of halogens is 1. The smallest absolute Gasteiger partial charge is 0.272 e. The summed E-state index contributed by atoms with van der Waals surface area (Å²) < 4.78 is 13.5. The van der Waals surface area contributed by atoms with Crippen LogP contribution in [0.1, 0.15) is 12.0 Å². The molecule has 7 heteroatoms. The van der Waals surface area contributed by atoms with Crippen molar-refractivity contribution in [2.75, 3.05) is 5.32 Å². The molecule has 0 aliphatic rings. The zero-order chi connectivity index (χ0) is 13.0. The van der Waals surface area contributed by atoms with Gasteiger partial charge in [-0.25, -0.2) is 4.39 Å². The number of hydrogen-bond donors (Lipinski definition) is 1. The lowest BCUT2D eigenvalue weighted by atomic mass is 10.1. The monoisotopic (exact) mass is 237 g/mol. The van der Waals surface area contributed by atoms with Gasteiger partial charge in [0.05, 0.1) is 22.7 Å². The van der Waals surface area contributed by atoms with Gasteiger partial charge in [0.2, 0.25) is 5.91 Å². The number of carbonyl (C=O) groups is 1. The van der Waals surface area contributed by atoms with Crippen LogP contribution >= 0.6 is 0 Å². The van der Waals surface area contributed by atoms with Crippen molar-refractivity contribution in [1.29, 1.82) is 5.26 Å². The van der Waals surface area contributed by atoms with Crippen LogP contribution in [-0.2, 0) is 4.79 Å². The van der Waals surface area contributed by atoms with Gasteiger partial charge in [-0.2, -0.15) is 5.26 Å². The Bertz CT molecular complexity index is 499. The number of nitro benzene ring substituents is 1. The van der Waals surface area contributed by atoms with Gasteiger partial charge in [0.1, 0.15) is 6.42 Å². The van der Waals surface area contributed by atoms with Gasteiger partial charge in [0.25, 0.3) is 5.69 Å². The molecule has 1 aromatic rings. The lowest BCUT2D eigenvalue weighted by molar-refractivity contribution is -0.385. The predicted molar refractivity (Wildman–Crippen MR) is 56.7 cm³/mol. The van der Waals surface area contributed by atoms with Crippen molar-refractivity contribution in [2.45, 2.75) is 13.3 Å². The van der Waals surface area contributed by atoms with Crippen LogP contribution in [0.2, 0.25) is 0 Å². The molecule has 17 heavy (non-hydrogen) atoms. The first kappa shape index (κ1) is 12.6. The molecule has 0 aliphatic carbocycles. The van der Waals surface area contributed by atoms with E-state index in [1.165, 1.54) is 6.92 Å². The second kappa shape index (κ2) is 5.03. The summed E-state index contributed by atoms with van der Waals surface area (Å²) in [7, 11) is 0. The fourth-order valence-corrected chi connectivity index (χ4v) is 1.25. The highest BCUT2D eigenvalue weighted by Gasteiger charge is 2.15. The molecule has 1 amide bonds. The summed E-state index contributed by atoms with van der Waals surface area (Å²) in [6.45, 7) is 1.43. The Morgan fingerprint density at radius 2 is 2.29 bits per heavy atom. The Morgan fingerprint density at radius 3 is 2.76 bits per heavy atom. The van der Waals surface area contributed by atoms with Gasteiger partial charge in [-0.1, -0.05) is 0 Å². The van der Waals surface area contributed by atoms with Gasteiger partial charge in [0, 0.05) is 6.07 Å². The van der Waals surface area contributed by atoms with Crippen LogP contribution in [0.25, 0.3) is 0 Å². The maximum atomic E-state index is 13.5. The zero-order valence-corrected chi connectivity index (χ0v) is 8.86. The number of non-ortho nitro benzene ring substituents is 1. The highest BCUT2D eigenvalue weighted by molar-refractivity contribution is 5.93. The van der Waals surface area contributed by atoms with Crippen molar-refractivity contribution in [3.8, 4) is 6.07 Å². The molecule has 0 bridgehead atoms. The predicted octanol–water partition coefficient (Wildman–Crippen LogP) is 1.89. The molecule has 0 spiro atoms. The highest BCUT2D eigenvalue weighted by Crippen LogP contribution is 2.25. The second-order valence-corrected chi connectivity index (χ2v) is 3.26. The summed E-state index contributed by atoms with van der Waals surface area (Å²) in [5.41, 5.74) is -0.308. The van der Waals surface area contributed by atoms with E-state index in [1.54, 1.807) is 6.07 Å². The number of amides is 1. The first-order valence-electron chi connectivity index (χ1n) is 4.57. The summed E-state index contributed by atoms with van der Waals surface area (Å²) in [6.07, 6.45) is -0.407. The molecule has 0 fully saturated rings. The molecule has 6 nitrogen and oxygen atoms in total. The van der Waals surface area contributed by atoms with E-state index < -0.39 is 28.8 Å². The Hall–Kier alpha value is -2.49. The average Bonchev–Trinajstić information content (AvgIpc) is 2.23. The molecule has 1 rings (SSSR count). The second-order valence-electron chi connectivity index (χ2n) is 3.26. The number of nitrogens with zero attached hydrogens (tertiary/aromatic N) is 2. The number of hydrogen-bond acceptors (Lipinski definition) is 4. The van der Waals surface area contributed by atoms with Crippen molar-refractivity contribution >= 4 is 17.3 Å². The minimum absolute atomic E-state index is 0.143. The van der Waals surface area contributed by atoms with Crippen LogP contribution in [0.3, 0.4) is 0 Å². The standard InChI is InChI=1S/C10H8FN3O3/c1-6-4-7(14(16)17)5-8(11)10(6)13-9(15)2-3-12/h4-5H,2H2,1H3,(H,13,15). The lowest BCUT2D eigenvalue weighted by Gasteiger charge is -2.07. The van der Waals surface area contributed by atoms with Crippen molar-refractivity contribution < 1.29 is 14.1 Å². The number of carbonyl (C=O) groups excluding carboxylic acids is 1. The molecule has 1 aromatic carbocycles. The third-order valence-corrected chi connectivity index (χ3v) is 1.99. The summed E-state index contributed by atoms with van der Waals surface area (Å²) in [5, 5.41) is 20.9. The van der Waals surface area contributed by atoms with Gasteiger partial charge in [-0.15, -0.1) is 0 Å². The Balaban J connectivity index is 3.07. The molecule has 0 aliphatic heterocycles. The SMILES string of the molecule is Cc1cc([N+](=O)[O-])cc(F)c1NC(=O)CC#N. The summed E-state index contributed by atoms with van der Waals surface area (Å²) in [5.74, 6) is -1.56. The first-order chi connectivity index (χ1) is 7.95. The molecular formula is C10H8FN3O3. The van der Waals surface area contributed by atoms with Crippen LogP contribution in [-0.4, -0.2) is 10.8 Å². The Kier molecular flexibility index (Phi) is 3.72. The van der Waals surface area contributed by atoms with E-state index in [2.05, 4.69) is 5.32 Å². The molecule has 0 atom stereocenters. The fraction of sp³-hybridized carbons (Fsp3) is 0.200. The van der Waals surface area contributed by atoms with Crippen LogP contribution in [0.5, 0.6) is 0 Å². The summed E-state index contributed by atoms with van der Waals surface area (Å²) in [6, 6.07) is 3.47. The van der Waals surface area contributed by atoms with E-state index >= 15 is 0 Å². The van der Waals surface area contributed by atoms with E-state index in [4.69, 9.17) is 5.26 Å². The van der Waals surface area contributed by atoms with Gasteiger partial charge in [-0.3, -0.25) is 14.9 Å². The molecule has 0 saturated heterocycles. The molecule has 0 radical (unpaired) electrons. The van der Waals surface area contributed by atoms with Crippen molar-refractivity contribution in [3.05, 3.63) is 33.6 Å². The Labute approximate surface area is 95.8 Å². The van der Waals surface area contributed by atoms with Crippen LogP contribution < -0.4 is 5.32 Å². The van der Waals surface area contributed by atoms with Gasteiger partial charge in [0.15, 0.2) is 5.82 Å². The van der Waals surface area contributed by atoms with Crippen LogP contribution in [0.15, 0.2) is 12.1 Å². The van der Waals surface area contributed by atoms with Crippen LogP contribution in [0.4, 0.5) is 15.8 Å². The number of nitrogens with one attached hydrogen (secondary N) is 1. The highest BCUT2D eigenvalue weighted by atomic mass is 19.1. The van der Waals surface area contributed by atoms with Gasteiger partial charge < -0.3 is 5.32 Å². The average molecular weight is 237 g/mol. The fourth-order valence-electron chi connectivity index (χ4n) is 1.25. The number of nitriles is 1. The molecule has 0 saturated carbocycles. The number of anilines is 1. The minimum atomic E-state index is -0.900. The van der Waals surface area contributed by atoms with E-state index in [1.807, 2.05) is 0 Å². The quantitative estimate of drug-likeness (QED) is 0.641.